The van der Waals surface area contributed by atoms with Gasteiger partial charge in [-0.15, -0.1) is 8.78 Å². The zero-order valence-electron chi connectivity index (χ0n) is 9.43. The number of hydrogen-bond acceptors (Lipinski definition) is 4. The average Bonchev–Trinajstić information content (AvgIpc) is 2.72. The second-order valence-corrected chi connectivity index (χ2v) is 3.83. The smallest absolute Gasteiger partial charge is 0.395 e. The number of nitriles is 1. The maximum Gasteiger partial charge on any atom is 0.586 e. The van der Waals surface area contributed by atoms with Crippen molar-refractivity contribution in [2.45, 2.75) is 6.29 Å². The molecule has 1 aliphatic heterocycles. The number of benzene rings is 1. The van der Waals surface area contributed by atoms with E-state index in [9.17, 15) is 8.78 Å². The van der Waals surface area contributed by atoms with Gasteiger partial charge in [0.15, 0.2) is 11.5 Å². The minimum absolute atomic E-state index is 0.0526. The van der Waals surface area contributed by atoms with Crippen molar-refractivity contribution in [3.63, 3.8) is 0 Å². The molecule has 19 heavy (non-hydrogen) atoms. The normalized spacial score (nSPS) is 15.0. The van der Waals surface area contributed by atoms with Crippen LogP contribution in [0.4, 0.5) is 8.78 Å². The molecular weight excluding hydrogens is 254 g/mol. The second kappa shape index (κ2) is 3.92. The average molecular weight is 260 g/mol. The maximum absolute atomic E-state index is 13.1. The number of fused-ring (bicyclic) bond motifs is 1. The van der Waals surface area contributed by atoms with Crippen LogP contribution in [0, 0.1) is 11.3 Å². The molecule has 0 N–H and O–H groups in total. The summed E-state index contributed by atoms with van der Waals surface area (Å²) in [4.78, 5) is 3.82. The zero-order chi connectivity index (χ0) is 13.5. The number of para-hydroxylation sites is 1. The van der Waals surface area contributed by atoms with Crippen LogP contribution in [0.1, 0.15) is 5.56 Å². The van der Waals surface area contributed by atoms with Gasteiger partial charge in [0.2, 0.25) is 0 Å². The Morgan fingerprint density at radius 1 is 1.16 bits per heavy atom. The SMILES string of the molecule is N#Cc1cnccc1-c1cccc2c1OC(F)(F)O2. The topological polar surface area (TPSA) is 55.1 Å². The maximum atomic E-state index is 13.1. The van der Waals surface area contributed by atoms with Gasteiger partial charge < -0.3 is 9.47 Å². The molecule has 0 unspecified atom stereocenters. The van der Waals surface area contributed by atoms with Crippen molar-refractivity contribution in [1.29, 1.82) is 5.26 Å². The van der Waals surface area contributed by atoms with Crippen molar-refractivity contribution in [3.05, 3.63) is 42.2 Å². The number of nitrogens with zero attached hydrogens (tertiary/aromatic N) is 2. The van der Waals surface area contributed by atoms with E-state index in [1.807, 2.05) is 6.07 Å². The van der Waals surface area contributed by atoms with Crippen molar-refractivity contribution in [3.8, 4) is 28.7 Å². The Balaban J connectivity index is 2.20. The minimum Gasteiger partial charge on any atom is -0.395 e. The predicted molar refractivity (Wildman–Crippen MR) is 60.6 cm³/mol. The van der Waals surface area contributed by atoms with E-state index in [1.165, 1.54) is 18.5 Å². The molecule has 0 aliphatic carbocycles. The van der Waals surface area contributed by atoms with Gasteiger partial charge in [-0.2, -0.15) is 5.26 Å². The Hall–Kier alpha value is -2.68. The molecule has 2 heterocycles. The van der Waals surface area contributed by atoms with Crippen LogP contribution in [-0.2, 0) is 0 Å². The van der Waals surface area contributed by atoms with Crippen molar-refractivity contribution in [2.24, 2.45) is 0 Å². The van der Waals surface area contributed by atoms with E-state index in [-0.39, 0.29) is 17.1 Å². The summed E-state index contributed by atoms with van der Waals surface area (Å²) in [5.74, 6) is -0.126. The first-order chi connectivity index (χ1) is 9.11. The monoisotopic (exact) mass is 260 g/mol. The van der Waals surface area contributed by atoms with Crippen LogP contribution in [0.25, 0.3) is 11.1 Å². The molecule has 1 aromatic heterocycles. The lowest BCUT2D eigenvalue weighted by atomic mass is 10.0. The molecule has 1 aliphatic rings. The van der Waals surface area contributed by atoms with Crippen LogP contribution in [0.2, 0.25) is 0 Å². The summed E-state index contributed by atoms with van der Waals surface area (Å²) in [7, 11) is 0. The van der Waals surface area contributed by atoms with Gasteiger partial charge in [0.25, 0.3) is 0 Å². The van der Waals surface area contributed by atoms with Crippen LogP contribution in [0.3, 0.4) is 0 Å². The van der Waals surface area contributed by atoms with Gasteiger partial charge >= 0.3 is 6.29 Å². The third kappa shape index (κ3) is 1.85. The summed E-state index contributed by atoms with van der Waals surface area (Å²) in [6, 6.07) is 8.04. The number of halogens is 2. The molecule has 94 valence electrons. The van der Waals surface area contributed by atoms with Crippen LogP contribution < -0.4 is 9.47 Å². The first kappa shape index (κ1) is 11.4. The Labute approximate surface area is 106 Å². The third-order valence-corrected chi connectivity index (χ3v) is 2.66. The molecule has 0 saturated carbocycles. The summed E-state index contributed by atoms with van der Waals surface area (Å²) < 4.78 is 35.1. The molecule has 6 heteroatoms. The highest BCUT2D eigenvalue weighted by Crippen LogP contribution is 2.47. The van der Waals surface area contributed by atoms with Gasteiger partial charge in [0, 0.05) is 23.5 Å². The van der Waals surface area contributed by atoms with Crippen molar-refractivity contribution in [1.82, 2.24) is 4.98 Å². The highest BCUT2D eigenvalue weighted by molar-refractivity contribution is 5.78. The lowest BCUT2D eigenvalue weighted by Gasteiger charge is -2.08. The number of rotatable bonds is 1. The molecule has 4 nitrogen and oxygen atoms in total. The van der Waals surface area contributed by atoms with Crippen LogP contribution in [-0.4, -0.2) is 11.3 Å². The highest BCUT2D eigenvalue weighted by Gasteiger charge is 2.44. The summed E-state index contributed by atoms with van der Waals surface area (Å²) in [5, 5.41) is 9.02. The lowest BCUT2D eigenvalue weighted by molar-refractivity contribution is -0.286. The van der Waals surface area contributed by atoms with Crippen LogP contribution in [0.15, 0.2) is 36.7 Å². The fourth-order valence-corrected chi connectivity index (χ4v) is 1.90. The molecule has 0 radical (unpaired) electrons. The highest BCUT2D eigenvalue weighted by atomic mass is 19.3. The third-order valence-electron chi connectivity index (χ3n) is 2.66. The van der Waals surface area contributed by atoms with E-state index in [4.69, 9.17) is 5.26 Å². The number of alkyl halides is 2. The second-order valence-electron chi connectivity index (χ2n) is 3.83. The quantitative estimate of drug-likeness (QED) is 0.791. The van der Waals surface area contributed by atoms with Gasteiger partial charge in [0.05, 0.1) is 5.56 Å². The number of aromatic nitrogens is 1. The minimum atomic E-state index is -3.68. The van der Waals surface area contributed by atoms with Gasteiger partial charge in [-0.3, -0.25) is 4.98 Å². The zero-order valence-corrected chi connectivity index (χ0v) is 9.43. The molecule has 0 amide bonds. The van der Waals surface area contributed by atoms with Gasteiger partial charge in [0.1, 0.15) is 6.07 Å². The van der Waals surface area contributed by atoms with Crippen molar-refractivity contribution >= 4 is 0 Å². The molecule has 0 atom stereocenters. The molecule has 0 saturated heterocycles. The number of hydrogen-bond donors (Lipinski definition) is 0. The largest absolute Gasteiger partial charge is 0.586 e. The predicted octanol–water partition coefficient (Wildman–Crippen LogP) is 2.94. The summed E-state index contributed by atoms with van der Waals surface area (Å²) >= 11 is 0. The molecule has 0 spiro atoms. The van der Waals surface area contributed by atoms with Crippen LogP contribution in [0.5, 0.6) is 11.5 Å². The molecular formula is C13H6F2N2O2. The van der Waals surface area contributed by atoms with E-state index in [1.54, 1.807) is 18.2 Å². The first-order valence-electron chi connectivity index (χ1n) is 5.34. The van der Waals surface area contributed by atoms with E-state index < -0.39 is 6.29 Å². The Bertz CT molecular complexity index is 695. The molecule has 0 bridgehead atoms. The fraction of sp³-hybridized carbons (Fsp3) is 0.0769. The standard InChI is InChI=1S/C13H6F2N2O2/c14-13(15)18-11-3-1-2-10(12(11)19-13)9-4-5-17-7-8(9)6-16/h1-5,7H. The van der Waals surface area contributed by atoms with Crippen molar-refractivity contribution < 1.29 is 18.3 Å². The van der Waals surface area contributed by atoms with E-state index in [2.05, 4.69) is 14.5 Å². The summed E-state index contributed by atoms with van der Waals surface area (Å²) in [6.45, 7) is 0. The van der Waals surface area contributed by atoms with Crippen molar-refractivity contribution in [2.75, 3.05) is 0 Å². The van der Waals surface area contributed by atoms with Gasteiger partial charge in [-0.25, -0.2) is 0 Å². The summed E-state index contributed by atoms with van der Waals surface area (Å²) in [6.07, 6.45) is -0.843. The Morgan fingerprint density at radius 3 is 2.79 bits per heavy atom. The lowest BCUT2D eigenvalue weighted by Crippen LogP contribution is -2.26. The molecule has 1 aromatic carbocycles. The first-order valence-corrected chi connectivity index (χ1v) is 5.34. The summed E-state index contributed by atoms with van der Waals surface area (Å²) in [5.41, 5.74) is 1.11. The Morgan fingerprint density at radius 2 is 2.00 bits per heavy atom. The van der Waals surface area contributed by atoms with Crippen LogP contribution >= 0.6 is 0 Å². The molecule has 2 aromatic rings. The van der Waals surface area contributed by atoms with E-state index in [0.29, 0.717) is 11.1 Å². The van der Waals surface area contributed by atoms with E-state index in [0.717, 1.165) is 0 Å². The number of ether oxygens (including phenoxy) is 2. The van der Waals surface area contributed by atoms with Gasteiger partial charge in [-0.1, -0.05) is 12.1 Å². The fourth-order valence-electron chi connectivity index (χ4n) is 1.90. The Kier molecular flexibility index (Phi) is 2.35. The van der Waals surface area contributed by atoms with Gasteiger partial charge in [-0.05, 0) is 12.1 Å². The number of pyridine rings is 1. The molecule has 3 rings (SSSR count). The van der Waals surface area contributed by atoms with E-state index >= 15 is 0 Å². The molecule has 0 fully saturated rings.